The summed E-state index contributed by atoms with van der Waals surface area (Å²) < 4.78 is 5.94. The van der Waals surface area contributed by atoms with Crippen LogP contribution in [-0.2, 0) is 21.5 Å². The van der Waals surface area contributed by atoms with E-state index in [0.717, 1.165) is 43.6 Å². The Morgan fingerprint density at radius 2 is 1.61 bits per heavy atom. The standard InChI is InChI=1S/C28H33N3O5/c32-25(18-20-6-8-22(9-7-20)26(33)34)31-16-12-28(13-17-31,23-4-2-1-3-5-23)29-27(35)36-24-19-30-14-10-21(24)11-15-30/h1-9,21,24H,10-19H2,(H,29,35)(H,33,34)/t24-/m0/s1. The van der Waals surface area contributed by atoms with Gasteiger partial charge in [-0.1, -0.05) is 42.5 Å². The van der Waals surface area contributed by atoms with Gasteiger partial charge in [-0.3, -0.25) is 9.69 Å². The van der Waals surface area contributed by atoms with Gasteiger partial charge >= 0.3 is 12.1 Å². The summed E-state index contributed by atoms with van der Waals surface area (Å²) in [5, 5.41) is 12.3. The summed E-state index contributed by atoms with van der Waals surface area (Å²) in [5.41, 5.74) is 1.41. The van der Waals surface area contributed by atoms with Crippen LogP contribution in [0.4, 0.5) is 4.79 Å². The molecule has 0 aromatic heterocycles. The molecule has 4 fully saturated rings. The third-order valence-corrected chi connectivity index (χ3v) is 8.05. The highest BCUT2D eigenvalue weighted by atomic mass is 16.6. The molecule has 0 spiro atoms. The van der Waals surface area contributed by atoms with Gasteiger partial charge in [-0.05, 0) is 68.0 Å². The van der Waals surface area contributed by atoms with Crippen LogP contribution in [0.2, 0.25) is 0 Å². The molecule has 2 amide bonds. The number of likely N-dealkylation sites (tertiary alicyclic amines) is 1. The Balaban J connectivity index is 1.23. The Kier molecular flexibility index (Phi) is 6.96. The third kappa shape index (κ3) is 5.23. The van der Waals surface area contributed by atoms with Crippen molar-refractivity contribution in [2.45, 2.75) is 43.7 Å². The average molecular weight is 492 g/mol. The van der Waals surface area contributed by atoms with Crippen LogP contribution in [0.5, 0.6) is 0 Å². The van der Waals surface area contributed by atoms with Gasteiger partial charge in [-0.2, -0.15) is 0 Å². The summed E-state index contributed by atoms with van der Waals surface area (Å²) in [7, 11) is 0. The van der Waals surface area contributed by atoms with Crippen molar-refractivity contribution >= 4 is 18.0 Å². The second-order valence-electron chi connectivity index (χ2n) is 10.2. The second-order valence-corrected chi connectivity index (χ2v) is 10.2. The van der Waals surface area contributed by atoms with Crippen molar-refractivity contribution in [1.29, 1.82) is 0 Å². The van der Waals surface area contributed by atoms with E-state index in [1.165, 1.54) is 12.1 Å². The Labute approximate surface area is 211 Å². The quantitative estimate of drug-likeness (QED) is 0.644. The zero-order valence-corrected chi connectivity index (χ0v) is 20.4. The molecule has 4 saturated heterocycles. The molecule has 4 aliphatic heterocycles. The fourth-order valence-electron chi connectivity index (χ4n) is 5.84. The summed E-state index contributed by atoms with van der Waals surface area (Å²) in [6, 6.07) is 16.4. The van der Waals surface area contributed by atoms with E-state index in [0.29, 0.717) is 31.8 Å². The third-order valence-electron chi connectivity index (χ3n) is 8.05. The summed E-state index contributed by atoms with van der Waals surface area (Å²) in [6.07, 6.45) is 3.13. The monoisotopic (exact) mass is 491 g/mol. The first-order valence-corrected chi connectivity index (χ1v) is 12.8. The molecule has 1 atom stereocenters. The van der Waals surface area contributed by atoms with Crippen molar-refractivity contribution in [3.63, 3.8) is 0 Å². The van der Waals surface area contributed by atoms with Gasteiger partial charge in [0.2, 0.25) is 5.91 Å². The maximum absolute atomic E-state index is 13.1. The highest BCUT2D eigenvalue weighted by molar-refractivity contribution is 5.87. The molecule has 190 valence electrons. The molecule has 6 rings (SSSR count). The summed E-state index contributed by atoms with van der Waals surface area (Å²) >= 11 is 0. The molecular weight excluding hydrogens is 458 g/mol. The molecule has 8 nitrogen and oxygen atoms in total. The number of amides is 2. The van der Waals surface area contributed by atoms with Gasteiger partial charge < -0.3 is 20.1 Å². The normalized spacial score (nSPS) is 24.7. The van der Waals surface area contributed by atoms with Gasteiger partial charge in [0.1, 0.15) is 6.10 Å². The van der Waals surface area contributed by atoms with E-state index < -0.39 is 11.5 Å². The largest absolute Gasteiger partial charge is 0.478 e. The van der Waals surface area contributed by atoms with E-state index in [1.807, 2.05) is 35.2 Å². The first kappa shape index (κ1) is 24.3. The van der Waals surface area contributed by atoms with Gasteiger partial charge in [0.15, 0.2) is 0 Å². The number of nitrogens with zero attached hydrogens (tertiary/aromatic N) is 2. The van der Waals surface area contributed by atoms with Crippen molar-refractivity contribution < 1.29 is 24.2 Å². The summed E-state index contributed by atoms with van der Waals surface area (Å²) in [5.74, 6) is -0.548. The van der Waals surface area contributed by atoms with Crippen molar-refractivity contribution in [1.82, 2.24) is 15.1 Å². The molecule has 2 aromatic rings. The van der Waals surface area contributed by atoms with Crippen molar-refractivity contribution in [2.75, 3.05) is 32.7 Å². The van der Waals surface area contributed by atoms with Crippen LogP contribution in [0.1, 0.15) is 47.2 Å². The number of hydrogen-bond acceptors (Lipinski definition) is 5. The van der Waals surface area contributed by atoms with Gasteiger partial charge in [0.05, 0.1) is 17.5 Å². The first-order valence-electron chi connectivity index (χ1n) is 12.8. The minimum absolute atomic E-state index is 0.00501. The minimum atomic E-state index is -0.985. The predicted octanol–water partition coefficient (Wildman–Crippen LogP) is 3.27. The lowest BCUT2D eigenvalue weighted by Gasteiger charge is -2.45. The summed E-state index contributed by atoms with van der Waals surface area (Å²) in [4.78, 5) is 41.3. The SMILES string of the molecule is O=C(NC1(c2ccccc2)CCN(C(=O)Cc2ccc(C(=O)O)cc2)CC1)O[C@H]1CN2CCC1CC2. The average Bonchev–Trinajstić information content (AvgIpc) is 2.90. The number of hydrogen-bond donors (Lipinski definition) is 2. The van der Waals surface area contributed by atoms with E-state index in [1.54, 1.807) is 12.1 Å². The van der Waals surface area contributed by atoms with Crippen molar-refractivity contribution in [3.05, 3.63) is 71.3 Å². The van der Waals surface area contributed by atoms with Crippen LogP contribution in [0.25, 0.3) is 0 Å². The van der Waals surface area contributed by atoms with E-state index in [-0.39, 0.29) is 30.1 Å². The number of carbonyl (C=O) groups is 3. The lowest BCUT2D eigenvalue weighted by atomic mass is 9.80. The van der Waals surface area contributed by atoms with Crippen LogP contribution in [0.3, 0.4) is 0 Å². The molecule has 0 radical (unpaired) electrons. The number of nitrogens with one attached hydrogen (secondary N) is 1. The Morgan fingerprint density at radius 1 is 0.944 bits per heavy atom. The number of alkyl carbamates (subject to hydrolysis) is 1. The van der Waals surface area contributed by atoms with Gasteiger partial charge in [-0.15, -0.1) is 0 Å². The van der Waals surface area contributed by atoms with Crippen LogP contribution < -0.4 is 5.32 Å². The number of ether oxygens (including phenoxy) is 1. The van der Waals surface area contributed by atoms with Gasteiger partial charge in [-0.25, -0.2) is 9.59 Å². The number of aromatic carboxylic acids is 1. The number of rotatable bonds is 6. The number of piperidine rings is 4. The predicted molar refractivity (Wildman–Crippen MR) is 134 cm³/mol. The molecule has 8 heteroatoms. The Hall–Kier alpha value is -3.39. The zero-order valence-electron chi connectivity index (χ0n) is 20.4. The zero-order chi connectivity index (χ0) is 25.1. The van der Waals surface area contributed by atoms with Crippen LogP contribution in [-0.4, -0.2) is 71.7 Å². The molecule has 2 aromatic carbocycles. The number of fused-ring (bicyclic) bond motifs is 3. The lowest BCUT2D eigenvalue weighted by Crippen LogP contribution is -2.57. The Morgan fingerprint density at radius 3 is 2.19 bits per heavy atom. The highest BCUT2D eigenvalue weighted by Gasteiger charge is 2.41. The number of carboxylic acid groups (broad SMARTS) is 1. The molecule has 36 heavy (non-hydrogen) atoms. The fourth-order valence-corrected chi connectivity index (χ4v) is 5.84. The Bertz CT molecular complexity index is 1090. The smallest absolute Gasteiger partial charge is 0.408 e. The molecule has 2 N–H and O–H groups in total. The van der Waals surface area contributed by atoms with Crippen LogP contribution >= 0.6 is 0 Å². The fraction of sp³-hybridized carbons (Fsp3) is 0.464. The number of carboxylic acids is 1. The van der Waals surface area contributed by atoms with E-state index in [2.05, 4.69) is 10.2 Å². The van der Waals surface area contributed by atoms with E-state index in [9.17, 15) is 14.4 Å². The van der Waals surface area contributed by atoms with Gasteiger partial charge in [0, 0.05) is 19.6 Å². The molecule has 0 saturated carbocycles. The summed E-state index contributed by atoms with van der Waals surface area (Å²) in [6.45, 7) is 4.02. The topological polar surface area (TPSA) is 99.2 Å². The number of benzene rings is 2. The molecular formula is C28H33N3O5. The van der Waals surface area contributed by atoms with Crippen LogP contribution in [0.15, 0.2) is 54.6 Å². The van der Waals surface area contributed by atoms with Crippen LogP contribution in [0, 0.1) is 5.92 Å². The lowest BCUT2D eigenvalue weighted by molar-refractivity contribution is -0.132. The number of carbonyl (C=O) groups excluding carboxylic acids is 2. The van der Waals surface area contributed by atoms with E-state index >= 15 is 0 Å². The maximum Gasteiger partial charge on any atom is 0.408 e. The van der Waals surface area contributed by atoms with Gasteiger partial charge in [0.25, 0.3) is 0 Å². The molecule has 4 aliphatic rings. The van der Waals surface area contributed by atoms with Crippen molar-refractivity contribution in [3.8, 4) is 0 Å². The molecule has 0 unspecified atom stereocenters. The maximum atomic E-state index is 13.1. The second kappa shape index (κ2) is 10.3. The highest BCUT2D eigenvalue weighted by Crippen LogP contribution is 2.34. The molecule has 4 heterocycles. The minimum Gasteiger partial charge on any atom is -0.478 e. The first-order chi connectivity index (χ1) is 17.4. The van der Waals surface area contributed by atoms with E-state index in [4.69, 9.17) is 9.84 Å². The molecule has 0 aliphatic carbocycles. The molecule has 2 bridgehead atoms. The van der Waals surface area contributed by atoms with Crippen molar-refractivity contribution in [2.24, 2.45) is 5.92 Å².